The third kappa shape index (κ3) is 3.67. The molecule has 0 aromatic heterocycles. The van der Waals surface area contributed by atoms with E-state index in [-0.39, 0.29) is 42.5 Å². The number of imide groups is 1. The Kier molecular flexibility index (Phi) is 5.87. The monoisotopic (exact) mass is 388 g/mol. The summed E-state index contributed by atoms with van der Waals surface area (Å²) < 4.78 is 15.8. The number of anilines is 1. The lowest BCUT2D eigenvalue weighted by atomic mass is 9.85. The highest BCUT2D eigenvalue weighted by Crippen LogP contribution is 2.40. The molecule has 2 aliphatic rings. The molecule has 0 saturated carbocycles. The normalized spacial score (nSPS) is 20.8. The van der Waals surface area contributed by atoms with Gasteiger partial charge in [0, 0.05) is 30.8 Å². The van der Waals surface area contributed by atoms with Crippen molar-refractivity contribution in [3.63, 3.8) is 0 Å². The highest BCUT2D eigenvalue weighted by atomic mass is 16.5. The molecule has 1 N–H and O–H groups in total. The number of methoxy groups -OCH3 is 3. The minimum atomic E-state index is -0.317. The van der Waals surface area contributed by atoms with Crippen LogP contribution in [-0.4, -0.2) is 50.5 Å². The lowest BCUT2D eigenvalue weighted by Gasteiger charge is -2.16. The van der Waals surface area contributed by atoms with Crippen LogP contribution < -0.4 is 19.5 Å². The number of fused-ring (bicyclic) bond motifs is 1. The zero-order valence-electron chi connectivity index (χ0n) is 16.2. The maximum absolute atomic E-state index is 12.5. The van der Waals surface area contributed by atoms with Crippen molar-refractivity contribution in [3.8, 4) is 17.2 Å². The molecule has 1 fully saturated rings. The Morgan fingerprint density at radius 3 is 2.00 bits per heavy atom. The summed E-state index contributed by atoms with van der Waals surface area (Å²) in [6, 6.07) is 3.23. The van der Waals surface area contributed by atoms with Gasteiger partial charge in [-0.05, 0) is 12.8 Å². The molecule has 3 rings (SSSR count). The Morgan fingerprint density at radius 2 is 1.54 bits per heavy atom. The van der Waals surface area contributed by atoms with Gasteiger partial charge in [-0.15, -0.1) is 0 Å². The lowest BCUT2D eigenvalue weighted by molar-refractivity contribution is -0.140. The summed E-state index contributed by atoms with van der Waals surface area (Å²) in [4.78, 5) is 38.5. The zero-order valence-corrected chi connectivity index (χ0v) is 16.2. The molecule has 0 bridgehead atoms. The van der Waals surface area contributed by atoms with E-state index in [1.54, 1.807) is 12.1 Å². The molecule has 150 valence electrons. The second-order valence-electron chi connectivity index (χ2n) is 6.70. The molecule has 0 unspecified atom stereocenters. The molecule has 1 aliphatic carbocycles. The number of nitrogens with zero attached hydrogens (tertiary/aromatic N) is 1. The number of hydrogen-bond donors (Lipinski definition) is 1. The Hall–Kier alpha value is -3.03. The van der Waals surface area contributed by atoms with Crippen LogP contribution in [0.15, 0.2) is 24.3 Å². The van der Waals surface area contributed by atoms with Crippen molar-refractivity contribution in [3.05, 3.63) is 24.3 Å². The average Bonchev–Trinajstić information content (AvgIpc) is 2.96. The smallest absolute Gasteiger partial charge is 0.233 e. The Balaban J connectivity index is 1.63. The van der Waals surface area contributed by atoms with E-state index in [9.17, 15) is 14.4 Å². The number of allylic oxidation sites excluding steroid dienone is 2. The molecule has 1 heterocycles. The molecule has 1 aliphatic heterocycles. The molecule has 28 heavy (non-hydrogen) atoms. The largest absolute Gasteiger partial charge is 0.493 e. The van der Waals surface area contributed by atoms with Gasteiger partial charge < -0.3 is 19.5 Å². The van der Waals surface area contributed by atoms with Crippen molar-refractivity contribution in [1.82, 2.24) is 4.90 Å². The third-order valence-corrected chi connectivity index (χ3v) is 5.11. The Bertz CT molecular complexity index is 768. The van der Waals surface area contributed by atoms with Crippen LogP contribution in [0.2, 0.25) is 0 Å². The Morgan fingerprint density at radius 1 is 1.00 bits per heavy atom. The summed E-state index contributed by atoms with van der Waals surface area (Å²) >= 11 is 0. The van der Waals surface area contributed by atoms with Crippen LogP contribution in [-0.2, 0) is 14.4 Å². The molecule has 0 radical (unpaired) electrons. The predicted molar refractivity (Wildman–Crippen MR) is 101 cm³/mol. The number of nitrogens with one attached hydrogen (secondary N) is 1. The van der Waals surface area contributed by atoms with E-state index < -0.39 is 0 Å². The molecule has 0 spiro atoms. The second kappa shape index (κ2) is 8.33. The number of benzene rings is 1. The van der Waals surface area contributed by atoms with E-state index in [1.807, 2.05) is 12.2 Å². The fraction of sp³-hybridized carbons (Fsp3) is 0.450. The quantitative estimate of drug-likeness (QED) is 0.567. The van der Waals surface area contributed by atoms with Gasteiger partial charge in [0.2, 0.25) is 23.5 Å². The van der Waals surface area contributed by atoms with E-state index in [1.165, 1.54) is 26.2 Å². The number of carbonyl (C=O) groups is 3. The number of amides is 3. The molecule has 3 amide bonds. The lowest BCUT2D eigenvalue weighted by Crippen LogP contribution is -2.34. The predicted octanol–water partition coefficient (Wildman–Crippen LogP) is 1.99. The van der Waals surface area contributed by atoms with Crippen LogP contribution in [0.5, 0.6) is 17.2 Å². The van der Waals surface area contributed by atoms with Gasteiger partial charge in [0.1, 0.15) is 0 Å². The maximum atomic E-state index is 12.5. The van der Waals surface area contributed by atoms with Crippen molar-refractivity contribution in [2.45, 2.75) is 19.3 Å². The SMILES string of the molecule is COc1cc(NC(=O)CCN2C(=O)[C@H]3CC=CC[C@@H]3C2=O)cc(OC)c1OC. The fourth-order valence-corrected chi connectivity index (χ4v) is 3.68. The first-order chi connectivity index (χ1) is 13.5. The van der Waals surface area contributed by atoms with Crippen LogP contribution in [0.3, 0.4) is 0 Å². The van der Waals surface area contributed by atoms with Crippen LogP contribution in [0.25, 0.3) is 0 Å². The van der Waals surface area contributed by atoms with E-state index in [0.29, 0.717) is 35.8 Å². The van der Waals surface area contributed by atoms with Crippen LogP contribution in [0, 0.1) is 11.8 Å². The van der Waals surface area contributed by atoms with Gasteiger partial charge in [-0.3, -0.25) is 19.3 Å². The molecule has 8 heteroatoms. The van der Waals surface area contributed by atoms with Gasteiger partial charge in [0.25, 0.3) is 0 Å². The number of likely N-dealkylation sites (tertiary alicyclic amines) is 1. The van der Waals surface area contributed by atoms with E-state index in [4.69, 9.17) is 14.2 Å². The molecular weight excluding hydrogens is 364 g/mol. The number of hydrogen-bond acceptors (Lipinski definition) is 6. The standard InChI is InChI=1S/C20H24N2O6/c1-26-15-10-12(11-16(27-2)18(15)28-3)21-17(23)8-9-22-19(24)13-6-4-5-7-14(13)20(22)25/h4-5,10-11,13-14H,6-9H2,1-3H3,(H,21,23)/t13-,14-/m0/s1. The highest BCUT2D eigenvalue weighted by molar-refractivity contribution is 6.05. The van der Waals surface area contributed by atoms with Gasteiger partial charge in [-0.2, -0.15) is 0 Å². The first-order valence-corrected chi connectivity index (χ1v) is 9.10. The van der Waals surface area contributed by atoms with Gasteiger partial charge >= 0.3 is 0 Å². The summed E-state index contributed by atoms with van der Waals surface area (Å²) in [5, 5.41) is 2.74. The summed E-state index contributed by atoms with van der Waals surface area (Å²) in [5.74, 6) is 0.0128. The van der Waals surface area contributed by atoms with Crippen LogP contribution in [0.1, 0.15) is 19.3 Å². The highest BCUT2D eigenvalue weighted by Gasteiger charge is 2.46. The number of ether oxygens (including phenoxy) is 3. The first kappa shape index (κ1) is 19.7. The second-order valence-corrected chi connectivity index (χ2v) is 6.70. The van der Waals surface area contributed by atoms with Gasteiger partial charge in [0.05, 0.1) is 33.2 Å². The molecule has 1 aromatic carbocycles. The minimum Gasteiger partial charge on any atom is -0.493 e. The van der Waals surface area contributed by atoms with Crippen molar-refractivity contribution < 1.29 is 28.6 Å². The number of rotatable bonds is 7. The molecule has 8 nitrogen and oxygen atoms in total. The summed E-state index contributed by atoms with van der Waals surface area (Å²) in [7, 11) is 4.47. The van der Waals surface area contributed by atoms with Crippen molar-refractivity contribution in [2.24, 2.45) is 11.8 Å². The van der Waals surface area contributed by atoms with Crippen molar-refractivity contribution in [2.75, 3.05) is 33.2 Å². The van der Waals surface area contributed by atoms with E-state index >= 15 is 0 Å². The summed E-state index contributed by atoms with van der Waals surface area (Å²) in [6.45, 7) is 0.0704. The molecule has 1 saturated heterocycles. The topological polar surface area (TPSA) is 94.2 Å². The van der Waals surface area contributed by atoms with E-state index in [0.717, 1.165) is 0 Å². The first-order valence-electron chi connectivity index (χ1n) is 9.10. The van der Waals surface area contributed by atoms with Crippen molar-refractivity contribution >= 4 is 23.4 Å². The zero-order chi connectivity index (χ0) is 20.3. The third-order valence-electron chi connectivity index (χ3n) is 5.11. The van der Waals surface area contributed by atoms with Crippen LogP contribution >= 0.6 is 0 Å². The maximum Gasteiger partial charge on any atom is 0.233 e. The van der Waals surface area contributed by atoms with Gasteiger partial charge in [-0.25, -0.2) is 0 Å². The van der Waals surface area contributed by atoms with Crippen LogP contribution in [0.4, 0.5) is 5.69 Å². The molecular formula is C20H24N2O6. The molecule has 1 aromatic rings. The minimum absolute atomic E-state index is 0.0149. The average molecular weight is 388 g/mol. The molecule has 2 atom stereocenters. The van der Waals surface area contributed by atoms with Gasteiger partial charge in [-0.1, -0.05) is 12.2 Å². The fourth-order valence-electron chi connectivity index (χ4n) is 3.68. The summed E-state index contributed by atoms with van der Waals surface area (Å²) in [5.41, 5.74) is 0.469. The Labute approximate surface area is 163 Å². The van der Waals surface area contributed by atoms with Crippen molar-refractivity contribution in [1.29, 1.82) is 0 Å². The van der Waals surface area contributed by atoms with E-state index in [2.05, 4.69) is 5.32 Å². The summed E-state index contributed by atoms with van der Waals surface area (Å²) in [6.07, 6.45) is 5.06. The number of carbonyl (C=O) groups excluding carboxylic acids is 3. The van der Waals surface area contributed by atoms with Gasteiger partial charge in [0.15, 0.2) is 11.5 Å².